The summed E-state index contributed by atoms with van der Waals surface area (Å²) in [6.45, 7) is 4.48. The molecule has 1 aliphatic heterocycles. The Hall–Kier alpha value is -3.72. The summed E-state index contributed by atoms with van der Waals surface area (Å²) < 4.78 is 16.0. The number of para-hydroxylation sites is 1. The van der Waals surface area contributed by atoms with E-state index in [-0.39, 0.29) is 24.2 Å². The van der Waals surface area contributed by atoms with Gasteiger partial charge in [0.1, 0.15) is 5.82 Å². The fourth-order valence-corrected chi connectivity index (χ4v) is 3.71. The predicted molar refractivity (Wildman–Crippen MR) is 122 cm³/mol. The van der Waals surface area contributed by atoms with Gasteiger partial charge in [0.25, 0.3) is 0 Å². The molecule has 2 heterocycles. The number of anilines is 3. The lowest BCUT2D eigenvalue weighted by Gasteiger charge is -2.35. The van der Waals surface area contributed by atoms with E-state index in [4.69, 9.17) is 0 Å². The Morgan fingerprint density at radius 1 is 0.969 bits per heavy atom. The van der Waals surface area contributed by atoms with Crippen LogP contribution in [0.4, 0.5) is 21.7 Å². The van der Waals surface area contributed by atoms with Crippen molar-refractivity contribution in [2.75, 3.05) is 48.3 Å². The molecule has 0 aliphatic carbocycles. The molecule has 1 fully saturated rings. The Balaban J connectivity index is 1.30. The minimum Gasteiger partial charge on any atom is -0.339 e. The molecule has 9 heteroatoms. The maximum atomic E-state index is 14.2. The third-order valence-corrected chi connectivity index (χ3v) is 5.24. The van der Waals surface area contributed by atoms with E-state index in [0.29, 0.717) is 49.2 Å². The number of nitrogens with one attached hydrogen (secondary N) is 2. The van der Waals surface area contributed by atoms with E-state index >= 15 is 0 Å². The number of aromatic nitrogens is 2. The van der Waals surface area contributed by atoms with E-state index in [0.717, 1.165) is 0 Å². The molecule has 32 heavy (non-hydrogen) atoms. The predicted octanol–water partition coefficient (Wildman–Crippen LogP) is 2.73. The third-order valence-electron chi connectivity index (χ3n) is 5.24. The molecule has 0 atom stereocenters. The van der Waals surface area contributed by atoms with Crippen molar-refractivity contribution in [3.8, 4) is 5.69 Å². The first-order valence-electron chi connectivity index (χ1n) is 10.4. The molecule has 0 spiro atoms. The van der Waals surface area contributed by atoms with Crippen LogP contribution in [0.3, 0.4) is 0 Å². The second kappa shape index (κ2) is 9.61. The van der Waals surface area contributed by atoms with E-state index in [1.165, 1.54) is 13.0 Å². The van der Waals surface area contributed by atoms with Crippen molar-refractivity contribution < 1.29 is 14.0 Å². The lowest BCUT2D eigenvalue weighted by Crippen LogP contribution is -2.49. The zero-order chi connectivity index (χ0) is 22.5. The number of amides is 2. The van der Waals surface area contributed by atoms with Crippen molar-refractivity contribution in [1.29, 1.82) is 0 Å². The van der Waals surface area contributed by atoms with E-state index in [1.54, 1.807) is 59.4 Å². The number of benzene rings is 2. The highest BCUT2D eigenvalue weighted by Crippen LogP contribution is 2.22. The second-order valence-corrected chi connectivity index (χ2v) is 7.62. The minimum absolute atomic E-state index is 0.0985. The molecule has 1 aromatic heterocycles. The first kappa shape index (κ1) is 21.5. The highest BCUT2D eigenvalue weighted by Gasteiger charge is 2.22. The lowest BCUT2D eigenvalue weighted by molar-refractivity contribution is -0.117. The summed E-state index contributed by atoms with van der Waals surface area (Å²) in [6, 6.07) is 13.6. The summed E-state index contributed by atoms with van der Waals surface area (Å²) in [5.74, 6) is 0.154. The number of imidazole rings is 1. The van der Waals surface area contributed by atoms with Crippen LogP contribution < -0.4 is 15.5 Å². The van der Waals surface area contributed by atoms with Crippen LogP contribution in [0.5, 0.6) is 0 Å². The smallest absolute Gasteiger partial charge is 0.238 e. The zero-order valence-corrected chi connectivity index (χ0v) is 17.8. The van der Waals surface area contributed by atoms with Gasteiger partial charge in [-0.3, -0.25) is 19.1 Å². The number of carbonyl (C=O) groups is 2. The normalized spacial score (nSPS) is 14.2. The van der Waals surface area contributed by atoms with Crippen LogP contribution in [-0.4, -0.2) is 59.0 Å². The molecule has 1 saturated heterocycles. The van der Waals surface area contributed by atoms with Gasteiger partial charge in [-0.2, -0.15) is 0 Å². The van der Waals surface area contributed by atoms with Gasteiger partial charge in [0.2, 0.25) is 17.8 Å². The largest absolute Gasteiger partial charge is 0.339 e. The molecule has 0 radical (unpaired) electrons. The SMILES string of the molecule is CC(=O)Nc1ccc(NC(=O)CN2CCN(c3nccn3-c3ccccc3F)CC2)cc1. The highest BCUT2D eigenvalue weighted by atomic mass is 19.1. The Labute approximate surface area is 185 Å². The lowest BCUT2D eigenvalue weighted by atomic mass is 10.2. The van der Waals surface area contributed by atoms with Gasteiger partial charge in [-0.05, 0) is 36.4 Å². The maximum Gasteiger partial charge on any atom is 0.238 e. The van der Waals surface area contributed by atoms with E-state index < -0.39 is 0 Å². The van der Waals surface area contributed by atoms with Crippen LogP contribution >= 0.6 is 0 Å². The van der Waals surface area contributed by atoms with E-state index in [2.05, 4.69) is 25.4 Å². The van der Waals surface area contributed by atoms with Gasteiger partial charge in [0.05, 0.1) is 12.2 Å². The van der Waals surface area contributed by atoms with E-state index in [1.807, 2.05) is 0 Å². The number of halogens is 1. The van der Waals surface area contributed by atoms with Crippen molar-refractivity contribution in [1.82, 2.24) is 14.5 Å². The summed E-state index contributed by atoms with van der Waals surface area (Å²) in [6.07, 6.45) is 3.42. The molecular weight excluding hydrogens is 411 g/mol. The Kier molecular flexibility index (Phi) is 6.46. The molecule has 2 N–H and O–H groups in total. The highest BCUT2D eigenvalue weighted by molar-refractivity contribution is 5.93. The molecule has 0 unspecified atom stereocenters. The van der Waals surface area contributed by atoms with Gasteiger partial charge >= 0.3 is 0 Å². The summed E-state index contributed by atoms with van der Waals surface area (Å²) in [7, 11) is 0. The van der Waals surface area contributed by atoms with Gasteiger partial charge in [-0.1, -0.05) is 12.1 Å². The standard InChI is InChI=1S/C23H25FN6O2/c1-17(31)26-18-6-8-19(9-7-18)27-22(32)16-28-12-14-29(15-13-28)23-25-10-11-30(23)21-5-3-2-4-20(21)24/h2-11H,12-16H2,1H3,(H,26,31)(H,27,32). The van der Waals surface area contributed by atoms with Gasteiger partial charge in [-0.15, -0.1) is 0 Å². The summed E-state index contributed by atoms with van der Waals surface area (Å²) in [5, 5.41) is 5.57. The first-order valence-corrected chi connectivity index (χ1v) is 10.4. The zero-order valence-electron chi connectivity index (χ0n) is 17.8. The fraction of sp³-hybridized carbons (Fsp3) is 0.261. The van der Waals surface area contributed by atoms with Crippen molar-refractivity contribution in [2.24, 2.45) is 0 Å². The van der Waals surface area contributed by atoms with Gasteiger partial charge in [-0.25, -0.2) is 9.37 Å². The van der Waals surface area contributed by atoms with Crippen LogP contribution in [-0.2, 0) is 9.59 Å². The van der Waals surface area contributed by atoms with Crippen molar-refractivity contribution in [2.45, 2.75) is 6.92 Å². The average molecular weight is 436 g/mol. The van der Waals surface area contributed by atoms with Crippen LogP contribution in [0.1, 0.15) is 6.92 Å². The number of rotatable bonds is 6. The Bertz CT molecular complexity index is 1090. The van der Waals surface area contributed by atoms with Crippen LogP contribution in [0.2, 0.25) is 0 Å². The molecule has 166 valence electrons. The third kappa shape index (κ3) is 5.12. The van der Waals surface area contributed by atoms with Gasteiger partial charge in [0, 0.05) is 56.9 Å². The number of nitrogens with zero attached hydrogens (tertiary/aromatic N) is 4. The monoisotopic (exact) mass is 436 g/mol. The van der Waals surface area contributed by atoms with Crippen molar-refractivity contribution in [3.05, 3.63) is 66.7 Å². The molecule has 4 rings (SSSR count). The van der Waals surface area contributed by atoms with Crippen molar-refractivity contribution in [3.63, 3.8) is 0 Å². The number of carbonyl (C=O) groups excluding carboxylic acids is 2. The molecular formula is C23H25FN6O2. The maximum absolute atomic E-state index is 14.2. The summed E-state index contributed by atoms with van der Waals surface area (Å²) in [5.41, 5.74) is 1.82. The second-order valence-electron chi connectivity index (χ2n) is 7.62. The van der Waals surface area contributed by atoms with Gasteiger partial charge in [0.15, 0.2) is 0 Å². The first-order chi connectivity index (χ1) is 15.5. The topological polar surface area (TPSA) is 82.5 Å². The van der Waals surface area contributed by atoms with Crippen molar-refractivity contribution >= 4 is 29.1 Å². The molecule has 0 saturated carbocycles. The molecule has 2 aromatic carbocycles. The summed E-state index contributed by atoms with van der Waals surface area (Å²) >= 11 is 0. The number of hydrogen-bond donors (Lipinski definition) is 2. The molecule has 3 aromatic rings. The minimum atomic E-state index is -0.299. The molecule has 0 bridgehead atoms. The molecule has 1 aliphatic rings. The van der Waals surface area contributed by atoms with Crippen LogP contribution in [0, 0.1) is 5.82 Å². The molecule has 8 nitrogen and oxygen atoms in total. The number of piperazine rings is 1. The Morgan fingerprint density at radius 3 is 2.28 bits per heavy atom. The molecule has 2 amide bonds. The Morgan fingerprint density at radius 2 is 1.62 bits per heavy atom. The quantitative estimate of drug-likeness (QED) is 0.621. The summed E-state index contributed by atoms with van der Waals surface area (Å²) in [4.78, 5) is 32.1. The van der Waals surface area contributed by atoms with Crippen LogP contribution in [0.15, 0.2) is 60.9 Å². The average Bonchev–Trinajstić information content (AvgIpc) is 3.25. The van der Waals surface area contributed by atoms with E-state index in [9.17, 15) is 14.0 Å². The van der Waals surface area contributed by atoms with Crippen LogP contribution in [0.25, 0.3) is 5.69 Å². The van der Waals surface area contributed by atoms with Gasteiger partial charge < -0.3 is 15.5 Å². The number of hydrogen-bond acceptors (Lipinski definition) is 5. The fourth-order valence-electron chi connectivity index (χ4n) is 3.71.